The molecule has 0 radical (unpaired) electrons. The van der Waals surface area contributed by atoms with E-state index in [1.165, 1.54) is 4.90 Å². The Morgan fingerprint density at radius 3 is 2.30 bits per heavy atom. The molecule has 0 aliphatic carbocycles. The average molecular weight is 343 g/mol. The monoisotopic (exact) mass is 342 g/mol. The number of carbonyl (C=O) groups excluding carboxylic acids is 1. The Morgan fingerprint density at radius 1 is 1.25 bits per heavy atom. The standard InChI is InChI=1S/C14H19BrN2O3/c1-10(16(2)9-13(18)19)14(20)17(3)8-11-4-6-12(15)7-5-11/h4-7,10H,8-9H2,1-3H3,(H,18,19). The Kier molecular flexibility index (Phi) is 6.16. The molecule has 0 heterocycles. The van der Waals surface area contributed by atoms with Crippen LogP contribution in [-0.2, 0) is 16.1 Å². The number of hydrogen-bond donors (Lipinski definition) is 1. The molecule has 1 unspecified atom stereocenters. The second kappa shape index (κ2) is 7.40. The number of halogens is 1. The fourth-order valence-electron chi connectivity index (χ4n) is 1.80. The summed E-state index contributed by atoms with van der Waals surface area (Å²) in [6.45, 7) is 2.06. The molecular weight excluding hydrogens is 324 g/mol. The third-order valence-corrected chi connectivity index (χ3v) is 3.64. The summed E-state index contributed by atoms with van der Waals surface area (Å²) in [5.74, 6) is -1.04. The van der Waals surface area contributed by atoms with E-state index < -0.39 is 12.0 Å². The number of amides is 1. The quantitative estimate of drug-likeness (QED) is 0.856. The first-order valence-corrected chi connectivity index (χ1v) is 7.02. The largest absolute Gasteiger partial charge is 0.480 e. The van der Waals surface area contributed by atoms with Gasteiger partial charge in [0.2, 0.25) is 5.91 Å². The lowest BCUT2D eigenvalue weighted by molar-refractivity contribution is -0.141. The summed E-state index contributed by atoms with van der Waals surface area (Å²) in [5.41, 5.74) is 1.03. The van der Waals surface area contributed by atoms with Gasteiger partial charge < -0.3 is 10.0 Å². The van der Waals surface area contributed by atoms with Crippen LogP contribution in [0.1, 0.15) is 12.5 Å². The maximum atomic E-state index is 12.2. The Labute approximate surface area is 127 Å². The third kappa shape index (κ3) is 4.94. The van der Waals surface area contributed by atoms with E-state index in [0.717, 1.165) is 10.0 Å². The van der Waals surface area contributed by atoms with Gasteiger partial charge >= 0.3 is 5.97 Å². The van der Waals surface area contributed by atoms with Crippen LogP contribution in [0.25, 0.3) is 0 Å². The Bertz CT molecular complexity index is 476. The molecule has 1 rings (SSSR count). The van der Waals surface area contributed by atoms with Gasteiger partial charge in [0.05, 0.1) is 12.6 Å². The number of carboxylic acids is 1. The zero-order chi connectivity index (χ0) is 15.3. The maximum Gasteiger partial charge on any atom is 0.317 e. The van der Waals surface area contributed by atoms with E-state index in [1.54, 1.807) is 25.9 Å². The van der Waals surface area contributed by atoms with Gasteiger partial charge in [-0.15, -0.1) is 0 Å². The fraction of sp³-hybridized carbons (Fsp3) is 0.429. The topological polar surface area (TPSA) is 60.9 Å². The zero-order valence-electron chi connectivity index (χ0n) is 11.8. The van der Waals surface area contributed by atoms with E-state index in [2.05, 4.69) is 15.9 Å². The molecule has 1 aromatic rings. The highest BCUT2D eigenvalue weighted by Crippen LogP contribution is 2.12. The number of carbonyl (C=O) groups is 2. The van der Waals surface area contributed by atoms with Crippen molar-refractivity contribution in [3.8, 4) is 0 Å². The normalized spacial score (nSPS) is 12.2. The van der Waals surface area contributed by atoms with Crippen molar-refractivity contribution in [2.24, 2.45) is 0 Å². The van der Waals surface area contributed by atoms with E-state index in [4.69, 9.17) is 5.11 Å². The van der Waals surface area contributed by atoms with Crippen molar-refractivity contribution in [2.45, 2.75) is 19.5 Å². The van der Waals surface area contributed by atoms with Gasteiger partial charge in [0.25, 0.3) is 0 Å². The fourth-order valence-corrected chi connectivity index (χ4v) is 2.06. The maximum absolute atomic E-state index is 12.2. The van der Waals surface area contributed by atoms with Crippen molar-refractivity contribution >= 4 is 27.8 Å². The van der Waals surface area contributed by atoms with E-state index >= 15 is 0 Å². The van der Waals surface area contributed by atoms with Crippen LogP contribution in [0.3, 0.4) is 0 Å². The van der Waals surface area contributed by atoms with Crippen LogP contribution in [0, 0.1) is 0 Å². The molecule has 0 saturated carbocycles. The minimum atomic E-state index is -0.942. The van der Waals surface area contributed by atoms with Gasteiger partial charge in [0.1, 0.15) is 0 Å². The molecule has 1 aromatic carbocycles. The smallest absolute Gasteiger partial charge is 0.317 e. The summed E-state index contributed by atoms with van der Waals surface area (Å²) in [6.07, 6.45) is 0. The second-order valence-corrected chi connectivity index (χ2v) is 5.72. The number of carboxylic acid groups (broad SMARTS) is 1. The molecule has 0 fully saturated rings. The Balaban J connectivity index is 2.62. The predicted octanol–water partition coefficient (Wildman–Crippen LogP) is 1.81. The molecule has 0 spiro atoms. The van der Waals surface area contributed by atoms with Crippen LogP contribution in [0.4, 0.5) is 0 Å². The SMILES string of the molecule is CC(C(=O)N(C)Cc1ccc(Br)cc1)N(C)CC(=O)O. The number of likely N-dealkylation sites (N-methyl/N-ethyl adjacent to an activating group) is 2. The molecule has 1 atom stereocenters. The number of hydrogen-bond acceptors (Lipinski definition) is 3. The molecule has 1 amide bonds. The first-order valence-electron chi connectivity index (χ1n) is 6.22. The van der Waals surface area contributed by atoms with Crippen molar-refractivity contribution in [2.75, 3.05) is 20.6 Å². The molecule has 5 nitrogen and oxygen atoms in total. The number of benzene rings is 1. The van der Waals surface area contributed by atoms with Gasteiger partial charge in [0.15, 0.2) is 0 Å². The summed E-state index contributed by atoms with van der Waals surface area (Å²) < 4.78 is 0.991. The van der Waals surface area contributed by atoms with Gasteiger partial charge in [-0.1, -0.05) is 28.1 Å². The molecule has 0 aromatic heterocycles. The highest BCUT2D eigenvalue weighted by molar-refractivity contribution is 9.10. The molecule has 6 heteroatoms. The summed E-state index contributed by atoms with van der Waals surface area (Å²) in [7, 11) is 3.35. The van der Waals surface area contributed by atoms with E-state index in [1.807, 2.05) is 24.3 Å². The van der Waals surface area contributed by atoms with Gasteiger partial charge in [-0.25, -0.2) is 0 Å². The van der Waals surface area contributed by atoms with Crippen LogP contribution in [0.15, 0.2) is 28.7 Å². The molecule has 0 bridgehead atoms. The van der Waals surface area contributed by atoms with Crippen molar-refractivity contribution in [3.63, 3.8) is 0 Å². The highest BCUT2D eigenvalue weighted by atomic mass is 79.9. The molecular formula is C14H19BrN2O3. The molecule has 110 valence electrons. The summed E-state index contributed by atoms with van der Waals surface area (Å²) in [4.78, 5) is 26.0. The third-order valence-electron chi connectivity index (χ3n) is 3.11. The van der Waals surface area contributed by atoms with Gasteiger partial charge in [-0.05, 0) is 31.7 Å². The number of aliphatic carboxylic acids is 1. The molecule has 20 heavy (non-hydrogen) atoms. The van der Waals surface area contributed by atoms with Crippen molar-refractivity contribution < 1.29 is 14.7 Å². The van der Waals surface area contributed by atoms with Crippen LogP contribution in [-0.4, -0.2) is 53.5 Å². The first kappa shape index (κ1) is 16.7. The second-order valence-electron chi connectivity index (χ2n) is 4.81. The minimum absolute atomic E-state index is 0.100. The van der Waals surface area contributed by atoms with Crippen LogP contribution in [0.5, 0.6) is 0 Å². The Hall–Kier alpha value is -1.40. The molecule has 1 N–H and O–H groups in total. The van der Waals surface area contributed by atoms with Gasteiger partial charge in [-0.2, -0.15) is 0 Å². The Morgan fingerprint density at radius 2 is 1.80 bits per heavy atom. The predicted molar refractivity (Wildman–Crippen MR) is 80.3 cm³/mol. The zero-order valence-corrected chi connectivity index (χ0v) is 13.4. The summed E-state index contributed by atoms with van der Waals surface area (Å²) in [6, 6.07) is 7.27. The molecule has 0 aliphatic rings. The molecule has 0 saturated heterocycles. The average Bonchev–Trinajstić information content (AvgIpc) is 2.38. The van der Waals surface area contributed by atoms with Crippen molar-refractivity contribution in [1.29, 1.82) is 0 Å². The lowest BCUT2D eigenvalue weighted by atomic mass is 10.2. The summed E-state index contributed by atoms with van der Waals surface area (Å²) in [5, 5.41) is 8.74. The van der Waals surface area contributed by atoms with Gasteiger partial charge in [-0.3, -0.25) is 14.5 Å². The highest BCUT2D eigenvalue weighted by Gasteiger charge is 2.22. The lowest BCUT2D eigenvalue weighted by Gasteiger charge is -2.27. The van der Waals surface area contributed by atoms with Crippen LogP contribution >= 0.6 is 15.9 Å². The van der Waals surface area contributed by atoms with Gasteiger partial charge in [0, 0.05) is 18.1 Å². The van der Waals surface area contributed by atoms with Crippen LogP contribution < -0.4 is 0 Å². The summed E-state index contributed by atoms with van der Waals surface area (Å²) >= 11 is 3.36. The molecule has 0 aliphatic heterocycles. The van der Waals surface area contributed by atoms with E-state index in [0.29, 0.717) is 6.54 Å². The van der Waals surface area contributed by atoms with E-state index in [9.17, 15) is 9.59 Å². The van der Waals surface area contributed by atoms with Crippen molar-refractivity contribution in [3.05, 3.63) is 34.3 Å². The van der Waals surface area contributed by atoms with E-state index in [-0.39, 0.29) is 12.5 Å². The number of rotatable bonds is 6. The lowest BCUT2D eigenvalue weighted by Crippen LogP contribution is -2.45. The van der Waals surface area contributed by atoms with Crippen molar-refractivity contribution in [1.82, 2.24) is 9.80 Å². The first-order chi connectivity index (χ1) is 9.31. The minimum Gasteiger partial charge on any atom is -0.480 e. The van der Waals surface area contributed by atoms with Crippen LogP contribution in [0.2, 0.25) is 0 Å². The number of nitrogens with zero attached hydrogens (tertiary/aromatic N) is 2.